The van der Waals surface area contributed by atoms with Gasteiger partial charge < -0.3 is 0 Å². The monoisotopic (exact) mass is 620 g/mol. The predicted molar refractivity (Wildman–Crippen MR) is 200 cm³/mol. The van der Waals surface area contributed by atoms with Gasteiger partial charge in [-0.2, -0.15) is 10.5 Å². The van der Waals surface area contributed by atoms with Gasteiger partial charge in [0.2, 0.25) is 0 Å². The van der Waals surface area contributed by atoms with E-state index in [-0.39, 0.29) is 10.8 Å². The quantitative estimate of drug-likeness (QED) is 0.192. The Labute approximate surface area is 285 Å². The third kappa shape index (κ3) is 7.00. The highest BCUT2D eigenvalue weighted by Crippen LogP contribution is 2.34. The summed E-state index contributed by atoms with van der Waals surface area (Å²) in [5.74, 6) is 0. The van der Waals surface area contributed by atoms with E-state index in [1.54, 1.807) is 0 Å². The number of benzene rings is 6. The van der Waals surface area contributed by atoms with Gasteiger partial charge in [0.15, 0.2) is 0 Å². The van der Waals surface area contributed by atoms with Crippen LogP contribution in [0.25, 0.3) is 55.6 Å². The molecule has 0 radical (unpaired) electrons. The molecule has 6 aromatic rings. The lowest BCUT2D eigenvalue weighted by molar-refractivity contribution is 0.590. The number of nitriles is 2. The predicted octanol–water partition coefficient (Wildman–Crippen LogP) is 12.4. The molecule has 0 aliphatic rings. The largest absolute Gasteiger partial charge is 0.192 e. The third-order valence-corrected chi connectivity index (χ3v) is 9.02. The van der Waals surface area contributed by atoms with Crippen LogP contribution in [0.3, 0.4) is 0 Å². The summed E-state index contributed by atoms with van der Waals surface area (Å²) in [6.45, 7) is 13.1. The molecule has 2 heteroatoms. The maximum absolute atomic E-state index is 9.64. The fourth-order valence-corrected chi connectivity index (χ4v) is 6.05. The van der Waals surface area contributed by atoms with Gasteiger partial charge in [-0.3, -0.25) is 0 Å². The lowest BCUT2D eigenvalue weighted by Gasteiger charge is -2.20. The molecule has 0 bridgehead atoms. The summed E-state index contributed by atoms with van der Waals surface area (Å²) in [4.78, 5) is 0. The van der Waals surface area contributed by atoms with Crippen molar-refractivity contribution in [2.24, 2.45) is 0 Å². The summed E-state index contributed by atoms with van der Waals surface area (Å²) in [5.41, 5.74) is 14.9. The third-order valence-electron chi connectivity index (χ3n) is 9.02. The van der Waals surface area contributed by atoms with Gasteiger partial charge in [0.1, 0.15) is 0 Å². The number of nitrogens with zero attached hydrogens (tertiary/aromatic N) is 2. The minimum absolute atomic E-state index is 0.0372. The van der Waals surface area contributed by atoms with Gasteiger partial charge in [-0.05, 0) is 114 Å². The minimum atomic E-state index is -0.0372. The van der Waals surface area contributed by atoms with Crippen LogP contribution in [0.1, 0.15) is 63.8 Å². The zero-order valence-electron chi connectivity index (χ0n) is 28.6. The Morgan fingerprint density at radius 2 is 0.625 bits per heavy atom. The maximum Gasteiger partial charge on any atom is 0.0991 e. The molecule has 0 amide bonds. The lowest BCUT2D eigenvalue weighted by atomic mass is 9.84. The highest BCUT2D eigenvalue weighted by Gasteiger charge is 2.17. The second kappa shape index (κ2) is 12.8. The van der Waals surface area contributed by atoms with Crippen molar-refractivity contribution in [3.05, 3.63) is 156 Å². The van der Waals surface area contributed by atoms with E-state index in [0.717, 1.165) is 66.8 Å². The van der Waals surface area contributed by atoms with Crippen LogP contribution in [0.15, 0.2) is 133 Å². The van der Waals surface area contributed by atoms with Crippen LogP contribution in [0.4, 0.5) is 0 Å². The highest BCUT2D eigenvalue weighted by atomic mass is 14.3. The number of hydrogen-bond acceptors (Lipinski definition) is 2. The number of rotatable bonds is 5. The van der Waals surface area contributed by atoms with Crippen LogP contribution < -0.4 is 0 Å². The first-order valence-electron chi connectivity index (χ1n) is 16.4. The Kier molecular flexibility index (Phi) is 8.62. The van der Waals surface area contributed by atoms with E-state index in [1.807, 2.05) is 24.3 Å². The van der Waals surface area contributed by atoms with Crippen molar-refractivity contribution in [2.45, 2.75) is 52.4 Å². The van der Waals surface area contributed by atoms with Crippen LogP contribution in [-0.4, -0.2) is 0 Å². The van der Waals surface area contributed by atoms with Gasteiger partial charge in [0, 0.05) is 0 Å². The fraction of sp³-hybridized carbons (Fsp3) is 0.174. The molecule has 0 aliphatic carbocycles. The molecule has 0 aromatic heterocycles. The molecule has 0 fully saturated rings. The molecule has 6 aromatic carbocycles. The summed E-state index contributed by atoms with van der Waals surface area (Å²) >= 11 is 0. The van der Waals surface area contributed by atoms with Gasteiger partial charge in [-0.25, -0.2) is 0 Å². The van der Waals surface area contributed by atoms with E-state index >= 15 is 0 Å². The molecule has 0 saturated heterocycles. The lowest BCUT2D eigenvalue weighted by Crippen LogP contribution is -2.11. The van der Waals surface area contributed by atoms with Crippen molar-refractivity contribution in [3.63, 3.8) is 0 Å². The van der Waals surface area contributed by atoms with Gasteiger partial charge >= 0.3 is 0 Å². The molecule has 0 atom stereocenters. The van der Waals surface area contributed by atoms with E-state index < -0.39 is 0 Å². The first-order chi connectivity index (χ1) is 22.9. The molecule has 234 valence electrons. The Bertz CT molecular complexity index is 2030. The molecular formula is C46H40N2. The van der Waals surface area contributed by atoms with Crippen LogP contribution in [0.2, 0.25) is 0 Å². The Hall–Kier alpha value is -5.70. The SMILES string of the molecule is CC(C)(C)c1cc(C#N)cc(-c2ccc(-c3cccc(-c4cccc(-c5ccc(-c6cc(C#N)cc(C(C)(C)C)c6)cc5)c4)c3)cc2)c1. The molecule has 0 saturated carbocycles. The average molecular weight is 621 g/mol. The fourth-order valence-electron chi connectivity index (χ4n) is 6.05. The average Bonchev–Trinajstić information content (AvgIpc) is 3.10. The molecule has 0 N–H and O–H groups in total. The molecule has 0 heterocycles. The second-order valence-corrected chi connectivity index (χ2v) is 14.6. The van der Waals surface area contributed by atoms with E-state index in [9.17, 15) is 10.5 Å². The summed E-state index contributed by atoms with van der Waals surface area (Å²) in [6.07, 6.45) is 0. The summed E-state index contributed by atoms with van der Waals surface area (Å²) in [7, 11) is 0. The smallest absolute Gasteiger partial charge is 0.0991 e. The van der Waals surface area contributed by atoms with E-state index in [0.29, 0.717) is 11.1 Å². The topological polar surface area (TPSA) is 47.6 Å². The first kappa shape index (κ1) is 32.2. The van der Waals surface area contributed by atoms with Crippen molar-refractivity contribution in [2.75, 3.05) is 0 Å². The molecule has 6 rings (SSSR count). The number of hydrogen-bond donors (Lipinski definition) is 0. The van der Waals surface area contributed by atoms with Gasteiger partial charge in [0.05, 0.1) is 23.3 Å². The van der Waals surface area contributed by atoms with Crippen molar-refractivity contribution in [3.8, 4) is 67.8 Å². The minimum Gasteiger partial charge on any atom is -0.192 e. The van der Waals surface area contributed by atoms with Gasteiger partial charge in [-0.15, -0.1) is 0 Å². The molecule has 0 aliphatic heterocycles. The standard InChI is InChI=1S/C46H40N2/c1-45(2,3)43-23-31(29-47)21-41(27-43)35-17-13-33(14-18-35)37-9-7-11-39(25-37)40-12-8-10-38(26-40)34-15-19-36(20-16-34)42-22-32(30-48)24-44(28-42)46(4,5)6/h7-28H,1-6H3. The molecule has 48 heavy (non-hydrogen) atoms. The Morgan fingerprint density at radius 1 is 0.333 bits per heavy atom. The molecule has 0 spiro atoms. The Balaban J connectivity index is 1.26. The summed E-state index contributed by atoms with van der Waals surface area (Å²) in [5, 5.41) is 19.3. The van der Waals surface area contributed by atoms with E-state index in [1.165, 1.54) is 0 Å². The van der Waals surface area contributed by atoms with Crippen LogP contribution in [-0.2, 0) is 10.8 Å². The van der Waals surface area contributed by atoms with Crippen LogP contribution in [0.5, 0.6) is 0 Å². The van der Waals surface area contributed by atoms with Gasteiger partial charge in [0.25, 0.3) is 0 Å². The zero-order chi connectivity index (χ0) is 34.1. The maximum atomic E-state index is 9.64. The Morgan fingerprint density at radius 3 is 0.917 bits per heavy atom. The first-order valence-corrected chi connectivity index (χ1v) is 16.4. The summed E-state index contributed by atoms with van der Waals surface area (Å²) < 4.78 is 0. The van der Waals surface area contributed by atoms with Crippen LogP contribution >= 0.6 is 0 Å². The molecular weight excluding hydrogens is 581 g/mol. The van der Waals surface area contributed by atoms with Crippen molar-refractivity contribution in [1.29, 1.82) is 10.5 Å². The normalized spacial score (nSPS) is 11.5. The second-order valence-electron chi connectivity index (χ2n) is 14.6. The highest BCUT2D eigenvalue weighted by molar-refractivity contribution is 5.79. The zero-order valence-corrected chi connectivity index (χ0v) is 28.6. The molecule has 2 nitrogen and oxygen atoms in total. The van der Waals surface area contributed by atoms with Crippen molar-refractivity contribution < 1.29 is 0 Å². The molecule has 0 unspecified atom stereocenters. The van der Waals surface area contributed by atoms with E-state index in [2.05, 4.69) is 163 Å². The van der Waals surface area contributed by atoms with Crippen LogP contribution in [0, 0.1) is 22.7 Å². The summed E-state index contributed by atoms with van der Waals surface area (Å²) in [6, 6.07) is 51.6. The van der Waals surface area contributed by atoms with Crippen molar-refractivity contribution >= 4 is 0 Å². The van der Waals surface area contributed by atoms with E-state index in [4.69, 9.17) is 0 Å². The van der Waals surface area contributed by atoms with Gasteiger partial charge in [-0.1, -0.05) is 139 Å². The van der Waals surface area contributed by atoms with Crippen molar-refractivity contribution in [1.82, 2.24) is 0 Å².